The molecule has 0 saturated carbocycles. The highest BCUT2D eigenvalue weighted by Gasteiger charge is 2.28. The van der Waals surface area contributed by atoms with Gasteiger partial charge in [-0.2, -0.15) is 4.98 Å². The second kappa shape index (κ2) is 10.4. The lowest BCUT2D eigenvalue weighted by atomic mass is 9.93. The van der Waals surface area contributed by atoms with Crippen LogP contribution in [0.2, 0.25) is 0 Å². The fourth-order valence-corrected chi connectivity index (χ4v) is 4.33. The number of carbonyl (C=O) groups excluding carboxylic acids is 1. The molecular weight excluding hydrogens is 459 g/mol. The van der Waals surface area contributed by atoms with Crippen molar-refractivity contribution in [2.75, 3.05) is 19.3 Å². The zero-order chi connectivity index (χ0) is 24.2. The molecule has 0 spiro atoms. The van der Waals surface area contributed by atoms with Crippen LogP contribution in [0.5, 0.6) is 5.75 Å². The average Bonchev–Trinajstić information content (AvgIpc) is 3.34. The Labute approximate surface area is 200 Å². The highest BCUT2D eigenvalue weighted by Crippen LogP contribution is 2.28. The summed E-state index contributed by atoms with van der Waals surface area (Å²) in [5, 5.41) is 3.87. The van der Waals surface area contributed by atoms with Gasteiger partial charge >= 0.3 is 11.8 Å². The molecule has 34 heavy (non-hydrogen) atoms. The first-order valence-electron chi connectivity index (χ1n) is 11.2. The number of likely N-dealkylation sites (tertiary alicyclic amines) is 1. The van der Waals surface area contributed by atoms with E-state index in [1.54, 1.807) is 11.0 Å². The number of halogens is 1. The molecule has 1 saturated heterocycles. The third-order valence-corrected chi connectivity index (χ3v) is 6.70. The molecule has 1 fully saturated rings. The predicted molar refractivity (Wildman–Crippen MR) is 124 cm³/mol. The van der Waals surface area contributed by atoms with Crippen molar-refractivity contribution in [1.29, 1.82) is 0 Å². The van der Waals surface area contributed by atoms with Gasteiger partial charge < -0.3 is 14.2 Å². The van der Waals surface area contributed by atoms with Crippen LogP contribution in [0.3, 0.4) is 0 Å². The molecule has 0 bridgehead atoms. The van der Waals surface area contributed by atoms with Crippen LogP contribution in [0.25, 0.3) is 0 Å². The number of nitrogens with zero attached hydrogens (tertiary/aromatic N) is 4. The van der Waals surface area contributed by atoms with Crippen LogP contribution in [-0.4, -0.2) is 49.5 Å². The van der Waals surface area contributed by atoms with Crippen molar-refractivity contribution in [2.24, 2.45) is 0 Å². The molecule has 0 N–H and O–H groups in total. The van der Waals surface area contributed by atoms with Crippen LogP contribution < -0.4 is 4.74 Å². The molecule has 1 aromatic carbocycles. The van der Waals surface area contributed by atoms with Crippen molar-refractivity contribution in [1.82, 2.24) is 20.0 Å². The summed E-state index contributed by atoms with van der Waals surface area (Å²) in [6.45, 7) is 5.15. The number of benzene rings is 1. The molecule has 3 aromatic rings. The first kappa shape index (κ1) is 24.0. The Morgan fingerprint density at radius 2 is 2.00 bits per heavy atom. The highest BCUT2D eigenvalue weighted by atomic mass is 32.2. The molecule has 0 aliphatic carbocycles. The van der Waals surface area contributed by atoms with Gasteiger partial charge in [-0.15, -0.1) is 0 Å². The molecule has 1 atom stereocenters. The zero-order valence-electron chi connectivity index (χ0n) is 19.4. The van der Waals surface area contributed by atoms with Gasteiger partial charge in [0, 0.05) is 52.6 Å². The Balaban J connectivity index is 1.34. The fraction of sp³-hybridized carbons (Fsp3) is 0.417. The van der Waals surface area contributed by atoms with Gasteiger partial charge in [0.25, 0.3) is 0 Å². The molecular formula is C24H27FN4O4S. The maximum atomic E-state index is 14.2. The second-order valence-electron chi connectivity index (χ2n) is 8.57. The number of pyridine rings is 1. The van der Waals surface area contributed by atoms with Crippen LogP contribution >= 0.6 is 0 Å². The Hall–Kier alpha value is -3.14. The summed E-state index contributed by atoms with van der Waals surface area (Å²) in [5.74, 6) is 0.150. The molecule has 3 heterocycles. The SMILES string of the molecule is CC(C)c1noc(C(=O)N2CCC(c3cccc(COc4ccc(S(C)=O)cc4F)n3)CC2)n1. The molecule has 0 radical (unpaired) electrons. The van der Waals surface area contributed by atoms with E-state index in [-0.39, 0.29) is 36.0 Å². The number of piperidine rings is 1. The van der Waals surface area contributed by atoms with E-state index in [4.69, 9.17) is 14.2 Å². The molecule has 2 aromatic heterocycles. The maximum absolute atomic E-state index is 14.2. The molecule has 1 aliphatic heterocycles. The zero-order valence-corrected chi connectivity index (χ0v) is 20.2. The van der Waals surface area contributed by atoms with E-state index in [1.807, 2.05) is 32.0 Å². The van der Waals surface area contributed by atoms with Gasteiger partial charge in [0.05, 0.1) is 5.69 Å². The lowest BCUT2D eigenvalue weighted by molar-refractivity contribution is 0.0662. The van der Waals surface area contributed by atoms with Gasteiger partial charge in [-0.25, -0.2) is 4.39 Å². The third-order valence-electron chi connectivity index (χ3n) is 5.78. The van der Waals surface area contributed by atoms with Crippen LogP contribution in [0.4, 0.5) is 4.39 Å². The lowest BCUT2D eigenvalue weighted by Crippen LogP contribution is -2.38. The molecule has 1 aliphatic rings. The van der Waals surface area contributed by atoms with Gasteiger partial charge in [-0.3, -0.25) is 14.0 Å². The predicted octanol–water partition coefficient (Wildman–Crippen LogP) is 4.06. The molecule has 10 heteroatoms. The van der Waals surface area contributed by atoms with E-state index >= 15 is 0 Å². The van der Waals surface area contributed by atoms with Crippen LogP contribution in [0.15, 0.2) is 45.8 Å². The number of hydrogen-bond acceptors (Lipinski definition) is 7. The Bertz CT molecular complexity index is 1190. The minimum absolute atomic E-state index is 0.0323. The first-order chi connectivity index (χ1) is 16.3. The second-order valence-corrected chi connectivity index (χ2v) is 9.95. The van der Waals surface area contributed by atoms with Crippen molar-refractivity contribution >= 4 is 16.7 Å². The molecule has 180 valence electrons. The minimum Gasteiger partial charge on any atom is -0.484 e. The number of rotatable bonds is 7. The summed E-state index contributed by atoms with van der Waals surface area (Å²) in [7, 11) is -1.26. The first-order valence-corrected chi connectivity index (χ1v) is 12.7. The van der Waals surface area contributed by atoms with Crippen LogP contribution in [-0.2, 0) is 17.4 Å². The lowest BCUT2D eigenvalue weighted by Gasteiger charge is -2.30. The topological polar surface area (TPSA) is 98.4 Å². The standard InChI is InChI=1S/C24H27FN4O4S/c1-15(2)22-27-23(33-28-22)24(30)29-11-9-16(10-12-29)20-6-4-5-17(26-20)14-32-21-8-7-18(34(3)31)13-19(21)25/h4-8,13,15-16H,9-12,14H2,1-3H3. The van der Waals surface area contributed by atoms with Crippen LogP contribution in [0, 0.1) is 5.82 Å². The molecule has 1 unspecified atom stereocenters. The minimum atomic E-state index is -1.26. The van der Waals surface area contributed by atoms with E-state index in [0.717, 1.165) is 18.5 Å². The maximum Gasteiger partial charge on any atom is 0.316 e. The van der Waals surface area contributed by atoms with Gasteiger partial charge in [0.15, 0.2) is 17.4 Å². The van der Waals surface area contributed by atoms with E-state index < -0.39 is 16.6 Å². The van der Waals surface area contributed by atoms with Gasteiger partial charge in [0.1, 0.15) is 6.61 Å². The third kappa shape index (κ3) is 5.49. The van der Waals surface area contributed by atoms with Crippen molar-refractivity contribution in [3.05, 3.63) is 65.3 Å². The number of carbonyl (C=O) groups is 1. The average molecular weight is 487 g/mol. The van der Waals surface area contributed by atoms with Gasteiger partial charge in [0.2, 0.25) is 0 Å². The number of hydrogen-bond donors (Lipinski definition) is 0. The highest BCUT2D eigenvalue weighted by molar-refractivity contribution is 7.84. The number of ether oxygens (including phenoxy) is 1. The van der Waals surface area contributed by atoms with Gasteiger partial charge in [-0.05, 0) is 43.2 Å². The summed E-state index contributed by atoms with van der Waals surface area (Å²) in [6.07, 6.45) is 3.02. The normalized spacial score (nSPS) is 15.5. The largest absolute Gasteiger partial charge is 0.484 e. The van der Waals surface area contributed by atoms with Crippen molar-refractivity contribution < 1.29 is 22.7 Å². The fourth-order valence-electron chi connectivity index (χ4n) is 3.80. The van der Waals surface area contributed by atoms with Crippen molar-refractivity contribution in [3.8, 4) is 5.75 Å². The van der Waals surface area contributed by atoms with Crippen LogP contribution in [0.1, 0.15) is 66.4 Å². The molecule has 4 rings (SSSR count). The Kier molecular flexibility index (Phi) is 7.35. The van der Waals surface area contributed by atoms with E-state index in [1.165, 1.54) is 18.4 Å². The number of amides is 1. The van der Waals surface area contributed by atoms with E-state index in [2.05, 4.69) is 10.1 Å². The Morgan fingerprint density at radius 1 is 1.24 bits per heavy atom. The monoisotopic (exact) mass is 486 g/mol. The summed E-state index contributed by atoms with van der Waals surface area (Å²) in [4.78, 5) is 23.7. The van der Waals surface area contributed by atoms with Gasteiger partial charge in [-0.1, -0.05) is 25.1 Å². The van der Waals surface area contributed by atoms with E-state index in [0.29, 0.717) is 29.5 Å². The quantitative estimate of drug-likeness (QED) is 0.497. The molecule has 8 nitrogen and oxygen atoms in total. The van der Waals surface area contributed by atoms with E-state index in [9.17, 15) is 13.4 Å². The smallest absolute Gasteiger partial charge is 0.316 e. The van der Waals surface area contributed by atoms with Crippen molar-refractivity contribution in [2.45, 2.75) is 50.0 Å². The summed E-state index contributed by atoms with van der Waals surface area (Å²) >= 11 is 0. The molecule has 1 amide bonds. The summed E-state index contributed by atoms with van der Waals surface area (Å²) in [6, 6.07) is 10.00. The number of aromatic nitrogens is 3. The summed E-state index contributed by atoms with van der Waals surface area (Å²) < 4.78 is 36.5. The Morgan fingerprint density at radius 3 is 2.65 bits per heavy atom. The summed E-state index contributed by atoms with van der Waals surface area (Å²) in [5.41, 5.74) is 1.61. The van der Waals surface area contributed by atoms with Crippen molar-refractivity contribution in [3.63, 3.8) is 0 Å².